The fourth-order valence-electron chi connectivity index (χ4n) is 2.01. The molecule has 0 saturated carbocycles. The number of hydrogen-bond donors (Lipinski definition) is 0. The highest BCUT2D eigenvalue weighted by atomic mass is 16.5. The molecule has 1 atom stereocenters. The summed E-state index contributed by atoms with van der Waals surface area (Å²) >= 11 is 0. The molecule has 3 nitrogen and oxygen atoms in total. The molecular formula is C13H17NO2. The van der Waals surface area contributed by atoms with Crippen LogP contribution in [0.25, 0.3) is 0 Å². The van der Waals surface area contributed by atoms with Gasteiger partial charge in [-0.25, -0.2) is 0 Å². The molecule has 0 N–H and O–H groups in total. The average Bonchev–Trinajstić information content (AvgIpc) is 2.81. The zero-order valence-corrected chi connectivity index (χ0v) is 9.39. The number of rotatable bonds is 5. The van der Waals surface area contributed by atoms with Crippen LogP contribution in [0.3, 0.4) is 0 Å². The molecule has 0 aromatic carbocycles. The summed E-state index contributed by atoms with van der Waals surface area (Å²) in [6.07, 6.45) is 8.06. The molecule has 16 heavy (non-hydrogen) atoms. The summed E-state index contributed by atoms with van der Waals surface area (Å²) in [5.74, 6) is 0.293. The van der Waals surface area contributed by atoms with E-state index in [1.807, 2.05) is 12.1 Å². The molecule has 3 heteroatoms. The van der Waals surface area contributed by atoms with Crippen LogP contribution in [0.1, 0.15) is 31.2 Å². The number of nitrogens with zero attached hydrogens (tertiary/aromatic N) is 1. The maximum Gasteiger partial charge on any atom is 0.137 e. The highest BCUT2D eigenvalue weighted by Gasteiger charge is 2.16. The van der Waals surface area contributed by atoms with E-state index in [0.717, 1.165) is 31.4 Å². The number of carbonyl (C=O) groups excluding carboxylic acids is 1. The molecule has 2 rings (SSSR count). The van der Waals surface area contributed by atoms with Crippen LogP contribution in [0.5, 0.6) is 0 Å². The molecule has 1 saturated heterocycles. The Labute approximate surface area is 95.8 Å². The van der Waals surface area contributed by atoms with Crippen LogP contribution in [0.4, 0.5) is 0 Å². The monoisotopic (exact) mass is 219 g/mol. The van der Waals surface area contributed by atoms with Crippen LogP contribution < -0.4 is 0 Å². The van der Waals surface area contributed by atoms with Gasteiger partial charge in [0.25, 0.3) is 0 Å². The lowest BCUT2D eigenvalue weighted by molar-refractivity contribution is -0.119. The Hall–Kier alpha value is -1.22. The van der Waals surface area contributed by atoms with Gasteiger partial charge in [0.05, 0.1) is 6.10 Å². The Kier molecular flexibility index (Phi) is 4.05. The van der Waals surface area contributed by atoms with Gasteiger partial charge in [0.15, 0.2) is 0 Å². The van der Waals surface area contributed by atoms with Gasteiger partial charge in [-0.1, -0.05) is 0 Å². The zero-order valence-electron chi connectivity index (χ0n) is 9.39. The lowest BCUT2D eigenvalue weighted by Crippen LogP contribution is -2.10. The van der Waals surface area contributed by atoms with Gasteiger partial charge in [-0.2, -0.15) is 0 Å². The molecule has 0 radical (unpaired) electrons. The van der Waals surface area contributed by atoms with Crippen molar-refractivity contribution in [1.82, 2.24) is 4.98 Å². The van der Waals surface area contributed by atoms with Crippen LogP contribution in [0.15, 0.2) is 24.5 Å². The van der Waals surface area contributed by atoms with E-state index in [2.05, 4.69) is 4.98 Å². The summed E-state index contributed by atoms with van der Waals surface area (Å²) in [6, 6.07) is 3.79. The van der Waals surface area contributed by atoms with E-state index in [4.69, 9.17) is 4.74 Å². The number of ether oxygens (including phenoxy) is 1. The van der Waals surface area contributed by atoms with Crippen LogP contribution in [0.2, 0.25) is 0 Å². The van der Waals surface area contributed by atoms with E-state index >= 15 is 0 Å². The summed E-state index contributed by atoms with van der Waals surface area (Å²) in [4.78, 5) is 15.6. The quantitative estimate of drug-likeness (QED) is 0.761. The largest absolute Gasteiger partial charge is 0.378 e. The number of carbonyl (C=O) groups is 1. The van der Waals surface area contributed by atoms with E-state index in [-0.39, 0.29) is 0 Å². The molecule has 86 valence electrons. The lowest BCUT2D eigenvalue weighted by atomic mass is 10.0. The number of ketones is 1. The third-order valence-corrected chi connectivity index (χ3v) is 2.92. The molecule has 1 aliphatic rings. The Bertz CT molecular complexity index is 331. The molecule has 0 bridgehead atoms. The summed E-state index contributed by atoms with van der Waals surface area (Å²) in [7, 11) is 0. The zero-order chi connectivity index (χ0) is 11.2. The summed E-state index contributed by atoms with van der Waals surface area (Å²) in [5, 5.41) is 0. The minimum atomic E-state index is 0.293. The first-order chi connectivity index (χ1) is 7.84. The molecule has 1 unspecified atom stereocenters. The van der Waals surface area contributed by atoms with Crippen molar-refractivity contribution in [3.8, 4) is 0 Å². The highest BCUT2D eigenvalue weighted by molar-refractivity contribution is 5.80. The van der Waals surface area contributed by atoms with Crippen LogP contribution in [-0.2, 0) is 16.0 Å². The van der Waals surface area contributed by atoms with Crippen molar-refractivity contribution in [1.29, 1.82) is 0 Å². The van der Waals surface area contributed by atoms with Crippen LogP contribution in [-0.4, -0.2) is 23.5 Å². The first kappa shape index (κ1) is 11.3. The predicted octanol–water partition coefficient (Wildman–Crippen LogP) is 2.15. The second kappa shape index (κ2) is 5.75. The normalized spacial score (nSPS) is 19.9. The third-order valence-electron chi connectivity index (χ3n) is 2.92. The average molecular weight is 219 g/mol. The van der Waals surface area contributed by atoms with Crippen LogP contribution >= 0.6 is 0 Å². The molecule has 1 aliphatic heterocycles. The second-order valence-corrected chi connectivity index (χ2v) is 4.24. The molecular weight excluding hydrogens is 202 g/mol. The molecule has 0 aliphatic carbocycles. The predicted molar refractivity (Wildman–Crippen MR) is 61.2 cm³/mol. The maximum absolute atomic E-state index is 11.7. The van der Waals surface area contributed by atoms with Gasteiger partial charge in [0, 0.05) is 31.8 Å². The Morgan fingerprint density at radius 2 is 2.25 bits per heavy atom. The number of Topliss-reactive ketones (excluding diaryl/α,β-unsaturated/α-hetero) is 1. The molecule has 0 amide bonds. The van der Waals surface area contributed by atoms with Crippen molar-refractivity contribution in [2.75, 3.05) is 6.61 Å². The maximum atomic E-state index is 11.7. The third kappa shape index (κ3) is 3.42. The number of hydrogen-bond acceptors (Lipinski definition) is 3. The Morgan fingerprint density at radius 3 is 2.94 bits per heavy atom. The van der Waals surface area contributed by atoms with Gasteiger partial charge in [-0.3, -0.25) is 9.78 Å². The van der Waals surface area contributed by atoms with Gasteiger partial charge >= 0.3 is 0 Å². The van der Waals surface area contributed by atoms with Gasteiger partial charge < -0.3 is 4.74 Å². The fourth-order valence-corrected chi connectivity index (χ4v) is 2.01. The Balaban J connectivity index is 1.72. The van der Waals surface area contributed by atoms with Gasteiger partial charge in [0.1, 0.15) is 5.78 Å². The molecule has 2 heterocycles. The molecule has 0 spiro atoms. The van der Waals surface area contributed by atoms with Crippen molar-refractivity contribution < 1.29 is 9.53 Å². The first-order valence-electron chi connectivity index (χ1n) is 5.87. The van der Waals surface area contributed by atoms with E-state index in [1.165, 1.54) is 0 Å². The molecule has 1 fully saturated rings. The minimum absolute atomic E-state index is 0.293. The van der Waals surface area contributed by atoms with Gasteiger partial charge in [-0.05, 0) is 37.0 Å². The van der Waals surface area contributed by atoms with E-state index in [1.54, 1.807) is 12.4 Å². The van der Waals surface area contributed by atoms with Crippen LogP contribution in [0, 0.1) is 0 Å². The van der Waals surface area contributed by atoms with Crippen molar-refractivity contribution in [2.45, 2.75) is 38.2 Å². The van der Waals surface area contributed by atoms with Gasteiger partial charge in [0.2, 0.25) is 0 Å². The van der Waals surface area contributed by atoms with Gasteiger partial charge in [-0.15, -0.1) is 0 Å². The van der Waals surface area contributed by atoms with E-state index in [9.17, 15) is 4.79 Å². The van der Waals surface area contributed by atoms with E-state index < -0.39 is 0 Å². The SMILES string of the molecule is O=C(CCC1CCCO1)Cc1ccncc1. The van der Waals surface area contributed by atoms with Crippen molar-refractivity contribution in [3.05, 3.63) is 30.1 Å². The lowest BCUT2D eigenvalue weighted by Gasteiger charge is -2.07. The molecule has 1 aromatic heterocycles. The number of pyridine rings is 1. The van der Waals surface area contributed by atoms with E-state index in [0.29, 0.717) is 24.7 Å². The van der Waals surface area contributed by atoms with Crippen molar-refractivity contribution in [3.63, 3.8) is 0 Å². The van der Waals surface area contributed by atoms with Crippen molar-refractivity contribution >= 4 is 5.78 Å². The Morgan fingerprint density at radius 1 is 1.44 bits per heavy atom. The summed E-state index contributed by atoms with van der Waals surface area (Å²) in [5.41, 5.74) is 1.05. The first-order valence-corrected chi connectivity index (χ1v) is 5.87. The number of aromatic nitrogens is 1. The molecule has 1 aromatic rings. The fraction of sp³-hybridized carbons (Fsp3) is 0.538. The smallest absolute Gasteiger partial charge is 0.137 e. The summed E-state index contributed by atoms with van der Waals surface area (Å²) < 4.78 is 5.49. The highest BCUT2D eigenvalue weighted by Crippen LogP contribution is 2.17. The van der Waals surface area contributed by atoms with Crippen molar-refractivity contribution in [2.24, 2.45) is 0 Å². The topological polar surface area (TPSA) is 39.2 Å². The summed E-state index contributed by atoms with van der Waals surface area (Å²) in [6.45, 7) is 0.864. The minimum Gasteiger partial charge on any atom is -0.378 e. The second-order valence-electron chi connectivity index (χ2n) is 4.24. The standard InChI is InChI=1S/C13H17NO2/c15-12(3-4-13-2-1-9-16-13)10-11-5-7-14-8-6-11/h5-8,13H,1-4,9-10H2.